The van der Waals surface area contributed by atoms with Gasteiger partial charge in [-0.3, -0.25) is 4.79 Å². The maximum Gasteiger partial charge on any atom is 0.252 e. The molecule has 1 aromatic heterocycles. The number of hydrogen-bond donors (Lipinski definition) is 1. The maximum atomic E-state index is 13.7. The highest BCUT2D eigenvalue weighted by atomic mass is 32.2. The Kier molecular flexibility index (Phi) is 6.99. The molecule has 1 aliphatic heterocycles. The molecule has 3 aromatic rings. The van der Waals surface area contributed by atoms with Crippen molar-refractivity contribution >= 4 is 20.9 Å². The molecule has 0 saturated carbocycles. The van der Waals surface area contributed by atoms with E-state index in [0.29, 0.717) is 12.2 Å². The molecule has 1 fully saturated rings. The topological polar surface area (TPSA) is 79.5 Å². The molecule has 1 saturated heterocycles. The van der Waals surface area contributed by atoms with Crippen LogP contribution in [0.25, 0.3) is 10.9 Å². The Bertz CT molecular complexity index is 1320. The van der Waals surface area contributed by atoms with Crippen molar-refractivity contribution in [2.45, 2.75) is 69.9 Å². The molecule has 2 aromatic carbocycles. The number of aromatic nitrogens is 1. The normalized spacial score (nSPS) is 17.0. The van der Waals surface area contributed by atoms with Gasteiger partial charge >= 0.3 is 0 Å². The number of nitrogens with one attached hydrogen (secondary N) is 1. The molecule has 1 atom stereocenters. The summed E-state index contributed by atoms with van der Waals surface area (Å²) in [5.74, 6) is 0. The van der Waals surface area contributed by atoms with Crippen molar-refractivity contribution < 1.29 is 13.2 Å². The summed E-state index contributed by atoms with van der Waals surface area (Å²) in [7, 11) is -3.83. The molecule has 0 amide bonds. The van der Waals surface area contributed by atoms with Gasteiger partial charge in [-0.2, -0.15) is 4.31 Å². The van der Waals surface area contributed by atoms with Gasteiger partial charge in [0.05, 0.1) is 11.0 Å². The Balaban J connectivity index is 1.71. The first-order valence-electron chi connectivity index (χ1n) is 11.9. The molecule has 182 valence electrons. The summed E-state index contributed by atoms with van der Waals surface area (Å²) in [6, 6.07) is 14.8. The summed E-state index contributed by atoms with van der Waals surface area (Å²) in [5.41, 5.74) is 3.05. The molecular weight excluding hydrogens is 448 g/mol. The zero-order valence-electron chi connectivity index (χ0n) is 20.4. The van der Waals surface area contributed by atoms with Gasteiger partial charge in [0.2, 0.25) is 10.0 Å². The molecule has 1 unspecified atom stereocenters. The van der Waals surface area contributed by atoms with Crippen LogP contribution in [0.2, 0.25) is 0 Å². The first kappa shape index (κ1) is 24.6. The molecule has 2 heterocycles. The Morgan fingerprint density at radius 2 is 1.82 bits per heavy atom. The highest BCUT2D eigenvalue weighted by molar-refractivity contribution is 7.89. The largest absolute Gasteiger partial charge is 0.377 e. The maximum absolute atomic E-state index is 13.7. The van der Waals surface area contributed by atoms with E-state index < -0.39 is 10.0 Å². The monoisotopic (exact) mass is 482 g/mol. The number of fused-ring (bicyclic) bond motifs is 1. The van der Waals surface area contributed by atoms with Crippen molar-refractivity contribution in [3.8, 4) is 0 Å². The van der Waals surface area contributed by atoms with Crippen LogP contribution < -0.4 is 5.56 Å². The van der Waals surface area contributed by atoms with Gasteiger partial charge in [-0.05, 0) is 71.5 Å². The van der Waals surface area contributed by atoms with Crippen LogP contribution in [0.3, 0.4) is 0 Å². The molecule has 34 heavy (non-hydrogen) atoms. The average molecular weight is 483 g/mol. The van der Waals surface area contributed by atoms with Gasteiger partial charge in [0.15, 0.2) is 0 Å². The smallest absolute Gasteiger partial charge is 0.252 e. The minimum absolute atomic E-state index is 0.00909. The summed E-state index contributed by atoms with van der Waals surface area (Å²) < 4.78 is 34.6. The van der Waals surface area contributed by atoms with E-state index in [1.807, 2.05) is 36.4 Å². The van der Waals surface area contributed by atoms with Crippen LogP contribution in [0.15, 0.2) is 58.2 Å². The van der Waals surface area contributed by atoms with E-state index in [4.69, 9.17) is 4.74 Å². The molecular formula is C27H34N2O4S. The number of benzene rings is 2. The number of ether oxygens (including phenoxy) is 1. The third kappa shape index (κ3) is 5.27. The fourth-order valence-electron chi connectivity index (χ4n) is 4.37. The fraction of sp³-hybridized carbons (Fsp3) is 0.444. The first-order chi connectivity index (χ1) is 16.1. The lowest BCUT2D eigenvalue weighted by Crippen LogP contribution is -2.38. The van der Waals surface area contributed by atoms with Crippen molar-refractivity contribution in [1.82, 2.24) is 9.29 Å². The summed E-state index contributed by atoms with van der Waals surface area (Å²) in [5, 5.41) is 0.901. The number of aromatic amines is 1. The number of nitrogens with zero attached hydrogens (tertiary/aromatic N) is 1. The first-order valence-corrected chi connectivity index (χ1v) is 13.4. The van der Waals surface area contributed by atoms with Crippen LogP contribution in [0.1, 0.15) is 57.2 Å². The van der Waals surface area contributed by atoms with Crippen molar-refractivity contribution in [3.05, 3.63) is 75.6 Å². The third-order valence-corrected chi connectivity index (χ3v) is 8.36. The van der Waals surface area contributed by atoms with Crippen molar-refractivity contribution in [2.75, 3.05) is 13.2 Å². The van der Waals surface area contributed by atoms with Crippen LogP contribution in [0.4, 0.5) is 0 Å². The molecule has 0 radical (unpaired) electrons. The lowest BCUT2D eigenvalue weighted by Gasteiger charge is -2.25. The number of sulfonamides is 1. The van der Waals surface area contributed by atoms with Gasteiger partial charge in [0, 0.05) is 30.8 Å². The molecule has 0 spiro atoms. The van der Waals surface area contributed by atoms with E-state index >= 15 is 0 Å². The minimum Gasteiger partial charge on any atom is -0.377 e. The van der Waals surface area contributed by atoms with E-state index in [1.165, 1.54) is 4.31 Å². The molecule has 4 rings (SSSR count). The van der Waals surface area contributed by atoms with Crippen molar-refractivity contribution in [2.24, 2.45) is 0 Å². The zero-order valence-corrected chi connectivity index (χ0v) is 21.2. The zero-order chi connectivity index (χ0) is 24.5. The number of aryl methyl sites for hydroxylation is 1. The van der Waals surface area contributed by atoms with Crippen LogP contribution >= 0.6 is 0 Å². The van der Waals surface area contributed by atoms with E-state index in [0.717, 1.165) is 41.3 Å². The molecule has 7 heteroatoms. The van der Waals surface area contributed by atoms with Crippen molar-refractivity contribution in [1.29, 1.82) is 0 Å². The number of pyridine rings is 1. The second-order valence-corrected chi connectivity index (χ2v) is 12.0. The van der Waals surface area contributed by atoms with Gasteiger partial charge in [-0.1, -0.05) is 45.9 Å². The highest BCUT2D eigenvalue weighted by Crippen LogP contribution is 2.26. The Morgan fingerprint density at radius 3 is 2.44 bits per heavy atom. The van der Waals surface area contributed by atoms with E-state index in [-0.39, 0.29) is 35.1 Å². The minimum atomic E-state index is -3.83. The van der Waals surface area contributed by atoms with E-state index in [2.05, 4.69) is 32.7 Å². The Morgan fingerprint density at radius 1 is 1.09 bits per heavy atom. The highest BCUT2D eigenvalue weighted by Gasteiger charge is 2.30. The molecule has 0 aliphatic carbocycles. The quantitative estimate of drug-likeness (QED) is 0.527. The van der Waals surface area contributed by atoms with Crippen LogP contribution in [0, 0.1) is 0 Å². The average Bonchev–Trinajstić information content (AvgIpc) is 3.31. The van der Waals surface area contributed by atoms with E-state index in [9.17, 15) is 13.2 Å². The van der Waals surface area contributed by atoms with Gasteiger partial charge in [-0.25, -0.2) is 8.42 Å². The summed E-state index contributed by atoms with van der Waals surface area (Å²) >= 11 is 0. The molecule has 1 aliphatic rings. The number of hydrogen-bond acceptors (Lipinski definition) is 4. The third-order valence-electron chi connectivity index (χ3n) is 6.53. The predicted molar refractivity (Wildman–Crippen MR) is 136 cm³/mol. The fourth-order valence-corrected chi connectivity index (χ4v) is 5.82. The molecule has 1 N–H and O–H groups in total. The summed E-state index contributed by atoms with van der Waals surface area (Å²) in [6.07, 6.45) is 2.43. The Hall–Kier alpha value is -2.48. The van der Waals surface area contributed by atoms with Crippen LogP contribution in [-0.2, 0) is 33.1 Å². The van der Waals surface area contributed by atoms with Gasteiger partial charge < -0.3 is 9.72 Å². The lowest BCUT2D eigenvalue weighted by atomic mass is 9.87. The van der Waals surface area contributed by atoms with Crippen LogP contribution in [0.5, 0.6) is 0 Å². The lowest BCUT2D eigenvalue weighted by molar-refractivity contribution is 0.0925. The summed E-state index contributed by atoms with van der Waals surface area (Å²) in [4.78, 5) is 16.0. The SMILES string of the molecule is CCc1ccc2[nH]c(=O)c(CN(CC3CCCO3)S(=O)(=O)c3ccc(C(C)(C)C)cc3)cc2c1. The number of rotatable bonds is 7. The van der Waals surface area contributed by atoms with Gasteiger partial charge in [-0.15, -0.1) is 0 Å². The second kappa shape index (κ2) is 9.64. The summed E-state index contributed by atoms with van der Waals surface area (Å²) in [6.45, 7) is 9.20. The van der Waals surface area contributed by atoms with Gasteiger partial charge in [0.25, 0.3) is 5.56 Å². The molecule has 6 nitrogen and oxygen atoms in total. The predicted octanol–water partition coefficient (Wildman–Crippen LogP) is 4.76. The van der Waals surface area contributed by atoms with Crippen molar-refractivity contribution in [3.63, 3.8) is 0 Å². The standard InChI is InChI=1S/C27H34N2O4S/c1-5-19-8-13-25-20(15-19)16-21(26(30)28-25)17-29(18-23-7-6-14-33-23)34(31,32)24-11-9-22(10-12-24)27(2,3)4/h8-13,15-16,23H,5-7,14,17-18H2,1-4H3,(H,28,30). The second-order valence-electron chi connectivity index (χ2n) is 10.1. The van der Waals surface area contributed by atoms with Gasteiger partial charge in [0.1, 0.15) is 0 Å². The molecule has 0 bridgehead atoms. The van der Waals surface area contributed by atoms with E-state index in [1.54, 1.807) is 12.1 Å². The number of H-pyrrole nitrogens is 1. The Labute approximate surface area is 202 Å². The van der Waals surface area contributed by atoms with Crippen LogP contribution in [-0.4, -0.2) is 37.0 Å².